The van der Waals surface area contributed by atoms with Crippen LogP contribution in [-0.2, 0) is 51.6 Å². The summed E-state index contributed by atoms with van der Waals surface area (Å²) in [5.41, 5.74) is 12.9. The van der Waals surface area contributed by atoms with Crippen molar-refractivity contribution < 1.29 is 74.0 Å². The number of phenols is 1. The minimum atomic E-state index is -4.59. The van der Waals surface area contributed by atoms with Crippen molar-refractivity contribution in [2.45, 2.75) is 50.8 Å². The normalized spacial score (nSPS) is 11.9. The number of nitrogen functional groups attached to an aromatic ring is 1. The Morgan fingerprint density at radius 1 is 0.487 bits per heavy atom. The number of rotatable bonds is 17. The number of nitrogens with one attached hydrogen (secondary N) is 1. The first-order valence-corrected chi connectivity index (χ1v) is 29.0. The Morgan fingerprint density at radius 2 is 0.900 bits per heavy atom. The van der Waals surface area contributed by atoms with Crippen LogP contribution in [-0.4, -0.2) is 81.6 Å². The Balaban J connectivity index is 0.00000138. The van der Waals surface area contributed by atoms with Gasteiger partial charge in [0.15, 0.2) is 5.75 Å². The maximum Gasteiger partial charge on any atom is 0.425 e. The number of hydrogen-bond acceptors (Lipinski definition) is 24. The minimum Gasteiger partial charge on any atom is -0.505 e. The van der Waals surface area contributed by atoms with Gasteiger partial charge in [0, 0.05) is 22.8 Å². The molecule has 0 heterocycles. The lowest BCUT2D eigenvalue weighted by Crippen LogP contribution is -2.08. The number of aryl methyl sites for hydroxylation is 5. The van der Waals surface area contributed by atoms with Crippen molar-refractivity contribution in [2.24, 2.45) is 40.9 Å². The van der Waals surface area contributed by atoms with Gasteiger partial charge in [-0.25, -0.2) is 0 Å². The molecule has 0 atom stereocenters. The highest BCUT2D eigenvalue weighted by Crippen LogP contribution is 2.41. The lowest BCUT2D eigenvalue weighted by atomic mass is 10.1. The molecule has 0 saturated heterocycles. The molecular weight excluding hydrogens is 1150 g/mol. The first-order valence-electron chi connectivity index (χ1n) is 22.5. The Bertz CT molecular complexity index is 4220. The van der Waals surface area contributed by atoms with Gasteiger partial charge in [0.25, 0.3) is 30.4 Å². The number of azo groups is 4. The number of hydrogen-bond donors (Lipinski definition) is 6. The molecule has 0 unspecified atom stereocenters. The van der Waals surface area contributed by atoms with Crippen molar-refractivity contribution in [3.63, 3.8) is 0 Å². The number of aromatic hydroxyl groups is 1. The third kappa shape index (κ3) is 18.2. The van der Waals surface area contributed by atoms with E-state index in [9.17, 15) is 44.0 Å². The molecule has 0 spiro atoms. The molecule has 0 saturated carbocycles. The first-order chi connectivity index (χ1) is 37.4. The molecule has 7 rings (SSSR count). The summed E-state index contributed by atoms with van der Waals surface area (Å²) in [6.07, 6.45) is -0.0473. The summed E-state index contributed by atoms with van der Waals surface area (Å²) in [6.45, 7) is 8.94. The van der Waals surface area contributed by atoms with E-state index in [-0.39, 0.29) is 53.0 Å². The molecule has 0 fully saturated rings. The molecule has 32 heteroatoms. The van der Waals surface area contributed by atoms with E-state index in [1.54, 1.807) is 61.5 Å². The van der Waals surface area contributed by atoms with Crippen LogP contribution in [0.15, 0.2) is 160 Å². The topological polar surface area (TPSA) is 432 Å². The average Bonchev–Trinajstić information content (AvgIpc) is 3.36. The molecule has 0 aliphatic rings. The molecule has 80 heavy (non-hydrogen) atoms. The van der Waals surface area contributed by atoms with Gasteiger partial charge >= 0.3 is 21.2 Å². The van der Waals surface area contributed by atoms with Crippen LogP contribution in [0.1, 0.15) is 34.2 Å². The predicted molar refractivity (Wildman–Crippen MR) is 291 cm³/mol. The minimum absolute atomic E-state index is 0.0473. The number of fused-ring (bicyclic) bond motifs is 1. The van der Waals surface area contributed by atoms with E-state index >= 15 is 0 Å². The Kier molecular flexibility index (Phi) is 20.9. The summed E-state index contributed by atoms with van der Waals surface area (Å²) in [6, 6.07) is 28.5. The molecule has 7 N–H and O–H groups in total. The summed E-state index contributed by atoms with van der Waals surface area (Å²) in [5, 5.41) is 50.3. The van der Waals surface area contributed by atoms with Crippen LogP contribution >= 0.6 is 0 Å². The molecule has 0 radical (unpaired) electrons. The third-order valence-corrected chi connectivity index (χ3v) is 13.5. The van der Waals surface area contributed by atoms with Crippen LogP contribution in [0.4, 0.5) is 62.6 Å². The van der Waals surface area contributed by atoms with Crippen LogP contribution in [0.2, 0.25) is 0 Å². The standard InChI is InChI=1S/C48H46N10O11S3.2O3S/c1-27-20-40(28(2)19-39(27)53-52-38-16-11-32-24-33(12-14-35(32)48(38)59)50-34-13-15-36(49)47(25-34)72(66,67)68)54-55-41-21-30(4)42(22-29(41)3)56-58-44-23-31(5)43(26-45(44)69-17-8-18-70(60,61)62)57-51-37-9-6-7-10-46(37)71(63,64)65;2*1-4(2)3/h6-7,9-16,19-26,50,59H,8,17-18,49H2,1-5H3,(H,60,61,62)(H,63,64,65)(H,66,67,68);;. The first kappa shape index (κ1) is 62.2. The van der Waals surface area contributed by atoms with Gasteiger partial charge in [-0.05, 0) is 159 Å². The average molecular weight is 1200 g/mol. The van der Waals surface area contributed by atoms with Gasteiger partial charge in [0.2, 0.25) is 0 Å². The molecule has 27 nitrogen and oxygen atoms in total. The van der Waals surface area contributed by atoms with E-state index < -0.39 is 67.1 Å². The van der Waals surface area contributed by atoms with Crippen molar-refractivity contribution in [1.82, 2.24) is 0 Å². The summed E-state index contributed by atoms with van der Waals surface area (Å²) >= 11 is 0. The van der Waals surface area contributed by atoms with Gasteiger partial charge in [0.05, 0.1) is 46.5 Å². The lowest BCUT2D eigenvalue weighted by molar-refractivity contribution is 0.317. The molecular formula is C48H46N10O17S5. The molecule has 0 aliphatic heterocycles. The second kappa shape index (κ2) is 26.8. The van der Waals surface area contributed by atoms with Crippen molar-refractivity contribution in [3.8, 4) is 11.5 Å². The van der Waals surface area contributed by atoms with Gasteiger partial charge in [-0.1, -0.05) is 18.2 Å². The van der Waals surface area contributed by atoms with E-state index in [2.05, 4.69) is 46.2 Å². The van der Waals surface area contributed by atoms with Gasteiger partial charge in [-0.2, -0.15) is 50.8 Å². The highest BCUT2D eigenvalue weighted by atomic mass is 32.2. The SMILES string of the molecule is Cc1cc(N=Nc2cc(C)c(N=Nc3ccccc3S(=O)(=O)O)cc2OCCCS(=O)(=O)O)c(C)cc1N=Nc1cc(C)c(N=Nc2ccc3cc(Nc4ccc(N)c(S(=O)(=O)O)c4)ccc3c2O)cc1C.O=S(=O)=O.O=S(=O)=O. The highest BCUT2D eigenvalue weighted by Gasteiger charge is 2.18. The van der Waals surface area contributed by atoms with Crippen LogP contribution in [0.5, 0.6) is 11.5 Å². The highest BCUT2D eigenvalue weighted by molar-refractivity contribution is 7.86. The summed E-state index contributed by atoms with van der Waals surface area (Å²) in [4.78, 5) is -0.856. The fourth-order valence-corrected chi connectivity index (χ4v) is 8.79. The zero-order chi connectivity index (χ0) is 59.3. The molecule has 0 bridgehead atoms. The van der Waals surface area contributed by atoms with Crippen molar-refractivity contribution in [1.29, 1.82) is 0 Å². The zero-order valence-corrected chi connectivity index (χ0v) is 46.4. The second-order valence-corrected chi connectivity index (χ2v) is 22.0. The number of phenolic OH excluding ortho intramolecular Hbond substituents is 1. The van der Waals surface area contributed by atoms with Crippen molar-refractivity contribution >= 4 is 125 Å². The predicted octanol–water partition coefficient (Wildman–Crippen LogP) is 11.2. The van der Waals surface area contributed by atoms with Crippen LogP contribution < -0.4 is 15.8 Å². The fourth-order valence-electron chi connectivity index (χ4n) is 7.04. The Labute approximate surface area is 460 Å². The number of nitrogens with two attached hydrogens (primary N) is 1. The van der Waals surface area contributed by atoms with Crippen LogP contribution in [0, 0.1) is 34.6 Å². The van der Waals surface area contributed by atoms with E-state index in [1.807, 2.05) is 39.8 Å². The monoisotopic (exact) mass is 1190 g/mol. The van der Waals surface area contributed by atoms with E-state index in [1.165, 1.54) is 42.5 Å². The van der Waals surface area contributed by atoms with E-state index in [0.717, 1.165) is 16.7 Å². The van der Waals surface area contributed by atoms with E-state index in [4.69, 9.17) is 35.7 Å². The van der Waals surface area contributed by atoms with Crippen molar-refractivity contribution in [3.05, 3.63) is 137 Å². The van der Waals surface area contributed by atoms with Crippen molar-refractivity contribution in [2.75, 3.05) is 23.4 Å². The smallest absolute Gasteiger partial charge is 0.425 e. The Morgan fingerprint density at radius 3 is 1.39 bits per heavy atom. The fraction of sp³-hybridized carbons (Fsp3) is 0.167. The zero-order valence-electron chi connectivity index (χ0n) is 42.3. The third-order valence-electron chi connectivity index (χ3n) is 10.9. The number of benzene rings is 7. The molecule has 0 aliphatic carbocycles. The Hall–Kier alpha value is -8.63. The number of nitrogens with zero attached hydrogens (tertiary/aromatic N) is 8. The van der Waals surface area contributed by atoms with Gasteiger partial charge in [-0.15, -0.1) is 40.6 Å². The number of ether oxygens (including phenoxy) is 1. The lowest BCUT2D eigenvalue weighted by Gasteiger charge is -2.11. The number of anilines is 3. The van der Waals surface area contributed by atoms with Crippen LogP contribution in [0.25, 0.3) is 10.8 Å². The molecule has 0 amide bonds. The molecule has 0 aromatic heterocycles. The van der Waals surface area contributed by atoms with Crippen LogP contribution in [0.3, 0.4) is 0 Å². The molecule has 7 aromatic rings. The maximum atomic E-state index is 11.9. The summed E-state index contributed by atoms with van der Waals surface area (Å²) < 4.78 is 155. The van der Waals surface area contributed by atoms with Gasteiger partial charge in [0.1, 0.15) is 32.6 Å². The summed E-state index contributed by atoms with van der Waals surface area (Å²) in [5.74, 6) is -0.493. The molecule has 420 valence electrons. The van der Waals surface area contributed by atoms with Gasteiger partial charge in [-0.3, -0.25) is 13.7 Å². The summed E-state index contributed by atoms with van der Waals surface area (Å²) in [7, 11) is -19.6. The maximum absolute atomic E-state index is 11.9. The van der Waals surface area contributed by atoms with Gasteiger partial charge < -0.3 is 20.9 Å². The van der Waals surface area contributed by atoms with E-state index in [0.29, 0.717) is 56.0 Å². The quantitative estimate of drug-likeness (QED) is 0.0213. The molecule has 7 aromatic carbocycles. The second-order valence-electron chi connectivity index (χ2n) is 16.8. The largest absolute Gasteiger partial charge is 0.505 e.